The topological polar surface area (TPSA) is 69.6 Å². The van der Waals surface area contributed by atoms with Crippen molar-refractivity contribution in [2.24, 2.45) is 4.99 Å². The Morgan fingerprint density at radius 2 is 2.03 bits per heavy atom. The SMILES string of the molecule is CCNC(=NCc1ccc(N2CCCC2)nc1)NC1CCCC(S(=O)CC)C1.I. The Kier molecular flexibility index (Phi) is 10.7. The van der Waals surface area contributed by atoms with Crippen LogP contribution in [0.3, 0.4) is 0 Å². The molecule has 3 unspecified atom stereocenters. The number of guanidine groups is 1. The van der Waals surface area contributed by atoms with Crippen molar-refractivity contribution in [1.82, 2.24) is 15.6 Å². The summed E-state index contributed by atoms with van der Waals surface area (Å²) in [5, 5.41) is 7.24. The van der Waals surface area contributed by atoms with Gasteiger partial charge in [0.05, 0.1) is 6.54 Å². The largest absolute Gasteiger partial charge is 0.357 e. The van der Waals surface area contributed by atoms with Crippen LogP contribution in [0.4, 0.5) is 5.82 Å². The minimum Gasteiger partial charge on any atom is -0.357 e. The lowest BCUT2D eigenvalue weighted by molar-refractivity contribution is 0.413. The molecule has 0 amide bonds. The number of hydrogen-bond acceptors (Lipinski definition) is 4. The Hall–Kier alpha value is -0.900. The number of hydrogen-bond donors (Lipinski definition) is 2. The molecule has 0 aromatic carbocycles. The molecule has 164 valence electrons. The zero-order valence-corrected chi connectivity index (χ0v) is 20.9. The Labute approximate surface area is 195 Å². The smallest absolute Gasteiger partial charge is 0.191 e. The van der Waals surface area contributed by atoms with Gasteiger partial charge in [0.25, 0.3) is 0 Å². The normalized spacial score (nSPS) is 23.4. The molecule has 0 spiro atoms. The average molecular weight is 534 g/mol. The van der Waals surface area contributed by atoms with Crippen LogP contribution in [0.5, 0.6) is 0 Å². The van der Waals surface area contributed by atoms with Gasteiger partial charge in [-0.25, -0.2) is 9.98 Å². The van der Waals surface area contributed by atoms with E-state index in [1.807, 2.05) is 13.1 Å². The lowest BCUT2D eigenvalue weighted by Crippen LogP contribution is -2.46. The molecule has 1 saturated heterocycles. The van der Waals surface area contributed by atoms with Crippen LogP contribution in [0, 0.1) is 0 Å². The van der Waals surface area contributed by atoms with Gasteiger partial charge in [-0.3, -0.25) is 4.21 Å². The van der Waals surface area contributed by atoms with E-state index in [9.17, 15) is 4.21 Å². The van der Waals surface area contributed by atoms with Crippen LogP contribution in [0.25, 0.3) is 0 Å². The van der Waals surface area contributed by atoms with Gasteiger partial charge >= 0.3 is 0 Å². The minimum atomic E-state index is -0.702. The Morgan fingerprint density at radius 3 is 2.69 bits per heavy atom. The molecule has 2 fully saturated rings. The van der Waals surface area contributed by atoms with Gasteiger partial charge in [0.15, 0.2) is 5.96 Å². The fourth-order valence-electron chi connectivity index (χ4n) is 4.08. The summed E-state index contributed by atoms with van der Waals surface area (Å²) in [5.74, 6) is 2.68. The second kappa shape index (κ2) is 12.7. The molecule has 1 aromatic rings. The number of aromatic nitrogens is 1. The van der Waals surface area contributed by atoms with Gasteiger partial charge < -0.3 is 15.5 Å². The number of nitrogens with zero attached hydrogens (tertiary/aromatic N) is 3. The van der Waals surface area contributed by atoms with Crippen molar-refractivity contribution < 1.29 is 4.21 Å². The second-order valence-corrected chi connectivity index (χ2v) is 9.72. The first-order chi connectivity index (χ1) is 13.7. The quantitative estimate of drug-likeness (QED) is 0.320. The minimum absolute atomic E-state index is 0. The van der Waals surface area contributed by atoms with Gasteiger partial charge in [0, 0.05) is 53.7 Å². The van der Waals surface area contributed by atoms with E-state index in [2.05, 4.69) is 39.6 Å². The van der Waals surface area contributed by atoms with Crippen LogP contribution < -0.4 is 15.5 Å². The number of nitrogens with one attached hydrogen (secondary N) is 2. The second-order valence-electron chi connectivity index (χ2n) is 7.71. The molecule has 0 radical (unpaired) electrons. The summed E-state index contributed by atoms with van der Waals surface area (Å²) in [6.07, 6.45) is 8.78. The van der Waals surface area contributed by atoms with Gasteiger partial charge in [-0.05, 0) is 50.7 Å². The highest BCUT2D eigenvalue weighted by atomic mass is 127. The maximum absolute atomic E-state index is 12.2. The van der Waals surface area contributed by atoms with E-state index in [0.717, 1.165) is 68.4 Å². The van der Waals surface area contributed by atoms with E-state index in [-0.39, 0.29) is 24.0 Å². The maximum atomic E-state index is 12.2. The maximum Gasteiger partial charge on any atom is 0.191 e. The molecule has 1 aliphatic carbocycles. The number of halogens is 1. The summed E-state index contributed by atoms with van der Waals surface area (Å²) in [6.45, 7) is 7.77. The molecule has 1 aromatic heterocycles. The van der Waals surface area contributed by atoms with E-state index in [4.69, 9.17) is 4.99 Å². The molecule has 3 atom stereocenters. The Morgan fingerprint density at radius 1 is 1.24 bits per heavy atom. The summed E-state index contributed by atoms with van der Waals surface area (Å²) >= 11 is 0. The van der Waals surface area contributed by atoms with Gasteiger partial charge in [0.1, 0.15) is 5.82 Å². The Balaban J connectivity index is 0.00000300. The number of rotatable bonds is 7. The fraction of sp³-hybridized carbons (Fsp3) is 0.714. The number of aliphatic imine (C=N–C) groups is 1. The fourth-order valence-corrected chi connectivity index (χ4v) is 5.43. The van der Waals surface area contributed by atoms with E-state index < -0.39 is 10.8 Å². The zero-order chi connectivity index (χ0) is 19.8. The average Bonchev–Trinajstić information content (AvgIpc) is 3.27. The van der Waals surface area contributed by atoms with E-state index in [1.54, 1.807) is 0 Å². The van der Waals surface area contributed by atoms with Crippen LogP contribution >= 0.6 is 24.0 Å². The van der Waals surface area contributed by atoms with Gasteiger partial charge in [0.2, 0.25) is 0 Å². The summed E-state index contributed by atoms with van der Waals surface area (Å²) < 4.78 is 12.2. The van der Waals surface area contributed by atoms with Crippen LogP contribution in [0.15, 0.2) is 23.3 Å². The molecule has 2 N–H and O–H groups in total. The molecule has 2 aliphatic rings. The number of anilines is 1. The molecular formula is C21H36IN5OS. The van der Waals surface area contributed by atoms with Crippen LogP contribution in [0.2, 0.25) is 0 Å². The van der Waals surface area contributed by atoms with Crippen molar-refractivity contribution in [3.63, 3.8) is 0 Å². The van der Waals surface area contributed by atoms with Gasteiger partial charge in [-0.1, -0.05) is 19.4 Å². The van der Waals surface area contributed by atoms with E-state index in [1.165, 1.54) is 12.8 Å². The van der Waals surface area contributed by atoms with Crippen molar-refractivity contribution in [1.29, 1.82) is 0 Å². The highest BCUT2D eigenvalue weighted by molar-refractivity contribution is 14.0. The Bertz CT molecular complexity index is 664. The molecule has 0 bridgehead atoms. The zero-order valence-electron chi connectivity index (χ0n) is 17.7. The highest BCUT2D eigenvalue weighted by Gasteiger charge is 2.26. The first-order valence-electron chi connectivity index (χ1n) is 10.8. The molecular weight excluding hydrogens is 497 g/mol. The molecule has 3 rings (SSSR count). The van der Waals surface area contributed by atoms with Crippen molar-refractivity contribution in [3.8, 4) is 0 Å². The van der Waals surface area contributed by atoms with Crippen molar-refractivity contribution in [2.45, 2.75) is 70.2 Å². The predicted octanol–water partition coefficient (Wildman–Crippen LogP) is 3.43. The monoisotopic (exact) mass is 533 g/mol. The third kappa shape index (κ3) is 7.38. The summed E-state index contributed by atoms with van der Waals surface area (Å²) in [6, 6.07) is 4.60. The molecule has 1 aliphatic heterocycles. The van der Waals surface area contributed by atoms with Crippen molar-refractivity contribution in [2.75, 3.05) is 30.3 Å². The first-order valence-corrected chi connectivity index (χ1v) is 12.2. The van der Waals surface area contributed by atoms with Gasteiger partial charge in [-0.2, -0.15) is 0 Å². The molecule has 6 nitrogen and oxygen atoms in total. The van der Waals surface area contributed by atoms with Crippen LogP contribution in [-0.4, -0.2) is 51.8 Å². The molecule has 2 heterocycles. The molecule has 8 heteroatoms. The standard InChI is InChI=1S/C21H35N5OS.HI/c1-3-22-21(25-18-8-7-9-19(14-18)28(27)4-2)24-16-17-10-11-20(23-15-17)26-12-5-6-13-26;/h10-11,15,18-19H,3-9,12-14,16H2,1-2H3,(H2,22,24,25);1H. The van der Waals surface area contributed by atoms with E-state index >= 15 is 0 Å². The third-order valence-corrected chi connectivity index (χ3v) is 7.37. The predicted molar refractivity (Wildman–Crippen MR) is 134 cm³/mol. The van der Waals surface area contributed by atoms with Crippen molar-refractivity contribution in [3.05, 3.63) is 23.9 Å². The third-order valence-electron chi connectivity index (χ3n) is 5.63. The summed E-state index contributed by atoms with van der Waals surface area (Å²) in [7, 11) is -0.702. The van der Waals surface area contributed by atoms with Crippen LogP contribution in [-0.2, 0) is 17.3 Å². The van der Waals surface area contributed by atoms with Crippen LogP contribution in [0.1, 0.15) is 57.9 Å². The molecule has 1 saturated carbocycles. The summed E-state index contributed by atoms with van der Waals surface area (Å²) in [4.78, 5) is 11.7. The van der Waals surface area contributed by atoms with E-state index in [0.29, 0.717) is 17.8 Å². The number of pyridine rings is 1. The lowest BCUT2D eigenvalue weighted by Gasteiger charge is -2.30. The van der Waals surface area contributed by atoms with Gasteiger partial charge in [-0.15, -0.1) is 24.0 Å². The lowest BCUT2D eigenvalue weighted by atomic mass is 9.95. The first kappa shape index (κ1) is 24.4. The highest BCUT2D eigenvalue weighted by Crippen LogP contribution is 2.23. The molecule has 29 heavy (non-hydrogen) atoms. The van der Waals surface area contributed by atoms with Crippen molar-refractivity contribution >= 4 is 46.6 Å². The summed E-state index contributed by atoms with van der Waals surface area (Å²) in [5.41, 5.74) is 1.12.